The molecule has 122 valence electrons. The Morgan fingerprint density at radius 2 is 1.91 bits per heavy atom. The molecule has 0 amide bonds. The van der Waals surface area contributed by atoms with Crippen LogP contribution in [0.2, 0.25) is 5.02 Å². The number of ether oxygens (including phenoxy) is 2. The van der Waals surface area contributed by atoms with Crippen LogP contribution in [0.3, 0.4) is 0 Å². The Labute approximate surface area is 137 Å². The molecule has 0 bridgehead atoms. The van der Waals surface area contributed by atoms with E-state index in [2.05, 4.69) is 9.80 Å². The van der Waals surface area contributed by atoms with Crippen LogP contribution in [0.4, 0.5) is 0 Å². The predicted molar refractivity (Wildman–Crippen MR) is 89.0 cm³/mol. The zero-order chi connectivity index (χ0) is 15.5. The number of hydrogen-bond donors (Lipinski definition) is 0. The van der Waals surface area contributed by atoms with Gasteiger partial charge in [0.15, 0.2) is 11.5 Å². The standard InChI is InChI=1S/C17H25ClN2O2/c1-21-16-10-14(18)9-13(17(16)22-2)11-19-8-5-15(12-19)20-6-3-4-7-20/h9-10,15H,3-8,11-12H2,1-2H3. The summed E-state index contributed by atoms with van der Waals surface area (Å²) in [5.74, 6) is 1.51. The molecular weight excluding hydrogens is 300 g/mol. The van der Waals surface area contributed by atoms with E-state index in [0.717, 1.165) is 37.0 Å². The Morgan fingerprint density at radius 1 is 1.14 bits per heavy atom. The predicted octanol–water partition coefficient (Wildman–Crippen LogP) is 3.03. The number of rotatable bonds is 5. The van der Waals surface area contributed by atoms with Crippen molar-refractivity contribution in [2.24, 2.45) is 0 Å². The molecule has 1 unspecified atom stereocenters. The molecule has 2 aliphatic heterocycles. The Kier molecular flexibility index (Phi) is 5.11. The maximum atomic E-state index is 6.21. The lowest BCUT2D eigenvalue weighted by Crippen LogP contribution is -2.35. The first-order chi connectivity index (χ1) is 10.7. The van der Waals surface area contributed by atoms with Gasteiger partial charge in [0.2, 0.25) is 0 Å². The normalized spacial score (nSPS) is 23.1. The van der Waals surface area contributed by atoms with Gasteiger partial charge in [0.25, 0.3) is 0 Å². The first-order valence-electron chi connectivity index (χ1n) is 8.08. The minimum Gasteiger partial charge on any atom is -0.493 e. The van der Waals surface area contributed by atoms with Gasteiger partial charge in [-0.15, -0.1) is 0 Å². The Bertz CT molecular complexity index is 518. The Hall–Kier alpha value is -0.970. The van der Waals surface area contributed by atoms with E-state index < -0.39 is 0 Å². The molecule has 2 saturated heterocycles. The summed E-state index contributed by atoms with van der Waals surface area (Å²) in [7, 11) is 3.34. The lowest BCUT2D eigenvalue weighted by molar-refractivity contribution is 0.228. The van der Waals surface area contributed by atoms with Crippen molar-refractivity contribution in [3.05, 3.63) is 22.7 Å². The van der Waals surface area contributed by atoms with E-state index in [1.165, 1.54) is 32.4 Å². The van der Waals surface area contributed by atoms with Crippen LogP contribution in [-0.2, 0) is 6.54 Å². The fraction of sp³-hybridized carbons (Fsp3) is 0.647. The summed E-state index contributed by atoms with van der Waals surface area (Å²) < 4.78 is 10.9. The van der Waals surface area contributed by atoms with Gasteiger partial charge in [-0.2, -0.15) is 0 Å². The fourth-order valence-corrected chi connectivity index (χ4v) is 3.96. The summed E-state index contributed by atoms with van der Waals surface area (Å²) >= 11 is 6.21. The van der Waals surface area contributed by atoms with Gasteiger partial charge < -0.3 is 9.47 Å². The molecule has 0 N–H and O–H groups in total. The molecule has 22 heavy (non-hydrogen) atoms. The van der Waals surface area contributed by atoms with E-state index in [1.54, 1.807) is 20.3 Å². The van der Waals surface area contributed by atoms with Crippen LogP contribution >= 0.6 is 11.6 Å². The average Bonchev–Trinajstić information content (AvgIpc) is 3.17. The van der Waals surface area contributed by atoms with Crippen LogP contribution in [-0.4, -0.2) is 56.2 Å². The first kappa shape index (κ1) is 15.9. The SMILES string of the molecule is COc1cc(Cl)cc(CN2CCC(N3CCCC3)C2)c1OC. The van der Waals surface area contributed by atoms with Gasteiger partial charge in [-0.05, 0) is 38.4 Å². The maximum absolute atomic E-state index is 6.21. The number of halogens is 1. The number of nitrogens with zero attached hydrogens (tertiary/aromatic N) is 2. The van der Waals surface area contributed by atoms with E-state index in [0.29, 0.717) is 10.8 Å². The average molecular weight is 325 g/mol. The summed E-state index contributed by atoms with van der Waals surface area (Å²) in [6, 6.07) is 4.52. The van der Waals surface area contributed by atoms with Crippen molar-refractivity contribution in [2.45, 2.75) is 31.8 Å². The van der Waals surface area contributed by atoms with Crippen molar-refractivity contribution in [1.82, 2.24) is 9.80 Å². The highest BCUT2D eigenvalue weighted by molar-refractivity contribution is 6.30. The van der Waals surface area contributed by atoms with Crippen LogP contribution in [0.1, 0.15) is 24.8 Å². The highest BCUT2D eigenvalue weighted by Crippen LogP contribution is 2.35. The first-order valence-corrected chi connectivity index (χ1v) is 8.46. The van der Waals surface area contributed by atoms with Crippen molar-refractivity contribution >= 4 is 11.6 Å². The number of likely N-dealkylation sites (tertiary alicyclic amines) is 2. The molecule has 1 atom stereocenters. The van der Waals surface area contributed by atoms with Crippen LogP contribution in [0.15, 0.2) is 12.1 Å². The molecule has 0 radical (unpaired) electrons. The Balaban J connectivity index is 1.69. The zero-order valence-corrected chi connectivity index (χ0v) is 14.2. The van der Waals surface area contributed by atoms with Crippen molar-refractivity contribution in [3.63, 3.8) is 0 Å². The van der Waals surface area contributed by atoms with Gasteiger partial charge >= 0.3 is 0 Å². The summed E-state index contributed by atoms with van der Waals surface area (Å²) in [6.07, 6.45) is 3.98. The van der Waals surface area contributed by atoms with Crippen molar-refractivity contribution in [3.8, 4) is 11.5 Å². The molecule has 5 heteroatoms. The van der Waals surface area contributed by atoms with Crippen LogP contribution in [0, 0.1) is 0 Å². The van der Waals surface area contributed by atoms with Crippen molar-refractivity contribution < 1.29 is 9.47 Å². The molecule has 2 heterocycles. The highest BCUT2D eigenvalue weighted by atomic mass is 35.5. The van der Waals surface area contributed by atoms with E-state index in [9.17, 15) is 0 Å². The molecule has 1 aromatic carbocycles. The van der Waals surface area contributed by atoms with Crippen LogP contribution in [0.25, 0.3) is 0 Å². The van der Waals surface area contributed by atoms with E-state index in [4.69, 9.17) is 21.1 Å². The molecule has 0 spiro atoms. The second-order valence-corrected chi connectivity index (χ2v) is 6.66. The topological polar surface area (TPSA) is 24.9 Å². The van der Waals surface area contributed by atoms with Crippen LogP contribution in [0.5, 0.6) is 11.5 Å². The molecular formula is C17H25ClN2O2. The molecule has 3 rings (SSSR count). The fourth-order valence-electron chi connectivity index (χ4n) is 3.72. The molecule has 2 aliphatic rings. The molecule has 2 fully saturated rings. The minimum absolute atomic E-state index is 0.697. The minimum atomic E-state index is 0.697. The Morgan fingerprint density at radius 3 is 2.59 bits per heavy atom. The highest BCUT2D eigenvalue weighted by Gasteiger charge is 2.29. The largest absolute Gasteiger partial charge is 0.493 e. The third-order valence-corrected chi connectivity index (χ3v) is 5.04. The van der Waals surface area contributed by atoms with Gasteiger partial charge in [0, 0.05) is 42.3 Å². The zero-order valence-electron chi connectivity index (χ0n) is 13.5. The van der Waals surface area contributed by atoms with Gasteiger partial charge in [0.05, 0.1) is 14.2 Å². The molecule has 0 aromatic heterocycles. The van der Waals surface area contributed by atoms with Gasteiger partial charge in [-0.25, -0.2) is 0 Å². The van der Waals surface area contributed by atoms with Gasteiger partial charge in [0.1, 0.15) is 0 Å². The third-order valence-electron chi connectivity index (χ3n) is 4.82. The second kappa shape index (κ2) is 7.07. The summed E-state index contributed by atoms with van der Waals surface area (Å²) in [4.78, 5) is 5.15. The molecule has 1 aromatic rings. The molecule has 0 aliphatic carbocycles. The molecule has 0 saturated carbocycles. The van der Waals surface area contributed by atoms with E-state index >= 15 is 0 Å². The van der Waals surface area contributed by atoms with Crippen molar-refractivity contribution in [2.75, 3.05) is 40.4 Å². The summed E-state index contributed by atoms with van der Waals surface area (Å²) in [6.45, 7) is 5.68. The number of benzene rings is 1. The number of methoxy groups -OCH3 is 2. The maximum Gasteiger partial charge on any atom is 0.165 e. The number of hydrogen-bond acceptors (Lipinski definition) is 4. The van der Waals surface area contributed by atoms with Crippen LogP contribution < -0.4 is 9.47 Å². The smallest absolute Gasteiger partial charge is 0.165 e. The van der Waals surface area contributed by atoms with Gasteiger partial charge in [-0.1, -0.05) is 11.6 Å². The lowest BCUT2D eigenvalue weighted by Gasteiger charge is -2.24. The summed E-state index contributed by atoms with van der Waals surface area (Å²) in [5.41, 5.74) is 1.11. The summed E-state index contributed by atoms with van der Waals surface area (Å²) in [5, 5.41) is 0.697. The van der Waals surface area contributed by atoms with E-state index in [-0.39, 0.29) is 0 Å². The second-order valence-electron chi connectivity index (χ2n) is 6.22. The quantitative estimate of drug-likeness (QED) is 0.831. The van der Waals surface area contributed by atoms with Crippen molar-refractivity contribution in [1.29, 1.82) is 0 Å². The molecule has 4 nitrogen and oxygen atoms in total. The van der Waals surface area contributed by atoms with E-state index in [1.807, 2.05) is 6.07 Å². The monoisotopic (exact) mass is 324 g/mol. The third kappa shape index (κ3) is 3.34. The van der Waals surface area contributed by atoms with Gasteiger partial charge in [-0.3, -0.25) is 9.80 Å². The lowest BCUT2D eigenvalue weighted by atomic mass is 10.1.